The average molecular weight is 516 g/mol. The first-order chi connectivity index (χ1) is 17.1. The van der Waals surface area contributed by atoms with Crippen molar-refractivity contribution in [3.63, 3.8) is 0 Å². The van der Waals surface area contributed by atoms with Crippen LogP contribution in [0.3, 0.4) is 0 Å². The summed E-state index contributed by atoms with van der Waals surface area (Å²) in [4.78, 5) is 13.9. The molecule has 0 N–H and O–H groups in total. The Balaban J connectivity index is 1.38. The summed E-state index contributed by atoms with van der Waals surface area (Å²) < 4.78 is 52.0. The summed E-state index contributed by atoms with van der Waals surface area (Å²) in [6.45, 7) is 2.99. The number of alkyl halides is 3. The first-order valence-corrected chi connectivity index (χ1v) is 13.1. The summed E-state index contributed by atoms with van der Waals surface area (Å²) in [7, 11) is 0.257. The lowest BCUT2D eigenvalue weighted by molar-refractivity contribution is -0.274. The largest absolute Gasteiger partial charge is 0.573 e. The third kappa shape index (κ3) is 6.88. The third-order valence-corrected chi connectivity index (χ3v) is 8.04. The number of benzene rings is 3. The fourth-order valence-electron chi connectivity index (χ4n) is 3.93. The second kappa shape index (κ2) is 10.8. The lowest BCUT2D eigenvalue weighted by atomic mass is 10.1. The smallest absolute Gasteiger partial charge is 0.481 e. The molecule has 0 aromatic heterocycles. The monoisotopic (exact) mass is 515 g/mol. The van der Waals surface area contributed by atoms with Crippen molar-refractivity contribution < 1.29 is 32.2 Å². The van der Waals surface area contributed by atoms with Crippen molar-refractivity contribution in [3.8, 4) is 23.3 Å². The van der Waals surface area contributed by atoms with E-state index in [0.29, 0.717) is 11.3 Å². The normalized spacial score (nSPS) is 14.2. The van der Waals surface area contributed by atoms with E-state index in [2.05, 4.69) is 28.7 Å². The number of carbonyl (C=O) groups excluding carboxylic acids is 1. The van der Waals surface area contributed by atoms with Gasteiger partial charge in [0.1, 0.15) is 23.0 Å². The molecule has 1 aliphatic rings. The van der Waals surface area contributed by atoms with E-state index in [9.17, 15) is 18.0 Å². The van der Waals surface area contributed by atoms with E-state index in [1.807, 2.05) is 24.3 Å². The van der Waals surface area contributed by atoms with Gasteiger partial charge in [-0.15, -0.1) is 13.2 Å². The molecular weight excluding hydrogens is 489 g/mol. The highest BCUT2D eigenvalue weighted by atomic mass is 32.2. The van der Waals surface area contributed by atoms with Crippen LogP contribution in [0.1, 0.15) is 32.3 Å². The molecule has 1 aliphatic heterocycles. The molecule has 0 aliphatic carbocycles. The van der Waals surface area contributed by atoms with Crippen molar-refractivity contribution in [1.29, 1.82) is 0 Å². The highest BCUT2D eigenvalue weighted by molar-refractivity contribution is 7.97. The Morgan fingerprint density at radius 2 is 1.61 bits per heavy atom. The molecule has 4 rings (SSSR count). The zero-order chi connectivity index (χ0) is 25.8. The van der Waals surface area contributed by atoms with Gasteiger partial charge in [-0.3, -0.25) is 0 Å². The molecule has 0 radical (unpaired) electrons. The molecule has 3 aromatic carbocycles. The fourth-order valence-corrected chi connectivity index (χ4v) is 6.43. The molecule has 0 amide bonds. The second-order valence-electron chi connectivity index (χ2n) is 8.81. The standard InChI is InChI=1S/C28H26F3O4S/c1-27(2,16-15-20-9-11-21(12-10-20)34-28(29,30)31)35-26(32)19-33-24-13-14-25(36-17-5-6-18-36)23-8-4-3-7-22(23)24/h3-4,7-14H,5-6,17-19H2,1-2H3/q+1. The summed E-state index contributed by atoms with van der Waals surface area (Å²) in [5.41, 5.74) is -0.670. The summed E-state index contributed by atoms with van der Waals surface area (Å²) in [6, 6.07) is 17.2. The predicted octanol–water partition coefficient (Wildman–Crippen LogP) is 6.26. The summed E-state index contributed by atoms with van der Waals surface area (Å²) in [5, 5.41) is 2.13. The Bertz CT molecular complexity index is 1280. The Kier molecular flexibility index (Phi) is 7.70. The van der Waals surface area contributed by atoms with E-state index >= 15 is 0 Å². The van der Waals surface area contributed by atoms with Gasteiger partial charge in [0.05, 0.1) is 0 Å². The molecule has 3 aromatic rings. The van der Waals surface area contributed by atoms with Crippen LogP contribution < -0.4 is 9.47 Å². The van der Waals surface area contributed by atoms with Gasteiger partial charge in [0.25, 0.3) is 0 Å². The van der Waals surface area contributed by atoms with Gasteiger partial charge in [-0.25, -0.2) is 4.79 Å². The van der Waals surface area contributed by atoms with Crippen molar-refractivity contribution in [1.82, 2.24) is 0 Å². The van der Waals surface area contributed by atoms with E-state index in [4.69, 9.17) is 9.47 Å². The quantitative estimate of drug-likeness (QED) is 0.221. The minimum absolute atomic E-state index is 0.257. The predicted molar refractivity (Wildman–Crippen MR) is 134 cm³/mol. The van der Waals surface area contributed by atoms with E-state index in [-0.39, 0.29) is 23.3 Å². The highest BCUT2D eigenvalue weighted by Crippen LogP contribution is 2.34. The molecular formula is C28H26F3O4S+. The van der Waals surface area contributed by atoms with Crippen LogP contribution in [0.15, 0.2) is 65.6 Å². The zero-order valence-corrected chi connectivity index (χ0v) is 20.8. The van der Waals surface area contributed by atoms with Crippen LogP contribution in [0.4, 0.5) is 13.2 Å². The maximum Gasteiger partial charge on any atom is 0.573 e. The molecule has 1 saturated heterocycles. The van der Waals surface area contributed by atoms with Crippen LogP contribution in [-0.2, 0) is 20.4 Å². The van der Waals surface area contributed by atoms with Crippen molar-refractivity contribution in [2.75, 3.05) is 18.1 Å². The number of hydrogen-bond donors (Lipinski definition) is 0. The molecule has 1 heterocycles. The van der Waals surface area contributed by atoms with Crippen LogP contribution >= 0.6 is 0 Å². The summed E-state index contributed by atoms with van der Waals surface area (Å²) in [6.07, 6.45) is -2.23. The van der Waals surface area contributed by atoms with Crippen molar-refractivity contribution >= 4 is 27.6 Å². The molecule has 0 saturated carbocycles. The molecule has 0 atom stereocenters. The number of fused-ring (bicyclic) bond motifs is 1. The molecule has 0 spiro atoms. The van der Waals surface area contributed by atoms with Crippen molar-refractivity contribution in [2.24, 2.45) is 0 Å². The van der Waals surface area contributed by atoms with Gasteiger partial charge in [0, 0.05) is 27.2 Å². The van der Waals surface area contributed by atoms with Gasteiger partial charge in [-0.05, 0) is 69.2 Å². The topological polar surface area (TPSA) is 44.8 Å². The van der Waals surface area contributed by atoms with Gasteiger partial charge in [0.2, 0.25) is 0 Å². The minimum Gasteiger partial charge on any atom is -0.481 e. The van der Waals surface area contributed by atoms with Crippen LogP contribution in [-0.4, -0.2) is 36.0 Å². The number of rotatable bonds is 6. The number of carbonyl (C=O) groups is 1. The van der Waals surface area contributed by atoms with Crippen molar-refractivity contribution in [3.05, 3.63) is 66.2 Å². The maximum atomic E-state index is 12.5. The summed E-state index contributed by atoms with van der Waals surface area (Å²) >= 11 is 0. The second-order valence-corrected chi connectivity index (χ2v) is 11.1. The van der Waals surface area contributed by atoms with Gasteiger partial charge >= 0.3 is 12.3 Å². The third-order valence-electron chi connectivity index (χ3n) is 5.50. The van der Waals surface area contributed by atoms with Gasteiger partial charge in [-0.1, -0.05) is 30.0 Å². The number of esters is 1. The molecule has 36 heavy (non-hydrogen) atoms. The van der Waals surface area contributed by atoms with Gasteiger partial charge in [-0.2, -0.15) is 0 Å². The average Bonchev–Trinajstić information content (AvgIpc) is 3.35. The Morgan fingerprint density at radius 1 is 0.944 bits per heavy atom. The van der Waals surface area contributed by atoms with Gasteiger partial charge < -0.3 is 14.2 Å². The molecule has 1 fully saturated rings. The van der Waals surface area contributed by atoms with E-state index < -0.39 is 17.9 Å². The molecule has 0 bridgehead atoms. The molecule has 188 valence electrons. The lowest BCUT2D eigenvalue weighted by Crippen LogP contribution is -2.29. The molecule has 8 heteroatoms. The zero-order valence-electron chi connectivity index (χ0n) is 20.0. The summed E-state index contributed by atoms with van der Waals surface area (Å²) in [5.74, 6) is 7.79. The SMILES string of the molecule is CC(C)(C#Cc1ccc(OC(F)(F)F)cc1)OC(=O)COc1ccc([S+]2CCCC2)c2ccccc12. The first-order valence-electron chi connectivity index (χ1n) is 11.5. The fraction of sp³-hybridized carbons (Fsp3) is 0.321. The Labute approximate surface area is 211 Å². The van der Waals surface area contributed by atoms with Crippen LogP contribution in [0.2, 0.25) is 0 Å². The first kappa shape index (κ1) is 25.8. The van der Waals surface area contributed by atoms with Crippen LogP contribution in [0, 0.1) is 11.8 Å². The molecule has 0 unspecified atom stereocenters. The van der Waals surface area contributed by atoms with Crippen molar-refractivity contribution in [2.45, 2.75) is 43.5 Å². The number of halogens is 3. The van der Waals surface area contributed by atoms with Crippen LogP contribution in [0.5, 0.6) is 11.5 Å². The number of hydrogen-bond acceptors (Lipinski definition) is 4. The van der Waals surface area contributed by atoms with E-state index in [1.54, 1.807) is 13.8 Å². The van der Waals surface area contributed by atoms with Crippen LogP contribution in [0.25, 0.3) is 10.8 Å². The van der Waals surface area contributed by atoms with E-state index in [1.165, 1.54) is 53.5 Å². The Hall–Kier alpha value is -3.31. The minimum atomic E-state index is -4.75. The van der Waals surface area contributed by atoms with E-state index in [0.717, 1.165) is 10.8 Å². The Morgan fingerprint density at radius 3 is 2.28 bits per heavy atom. The highest BCUT2D eigenvalue weighted by Gasteiger charge is 2.31. The lowest BCUT2D eigenvalue weighted by Gasteiger charge is -2.19. The molecule has 4 nitrogen and oxygen atoms in total. The number of ether oxygens (including phenoxy) is 3. The van der Waals surface area contributed by atoms with Gasteiger partial charge in [0.15, 0.2) is 17.1 Å². The maximum absolute atomic E-state index is 12.5.